The minimum Gasteiger partial charge on any atom is -0.481 e. The summed E-state index contributed by atoms with van der Waals surface area (Å²) >= 11 is 0. The third-order valence-corrected chi connectivity index (χ3v) is 4.24. The normalized spacial score (nSPS) is 33.4. The Kier molecular flexibility index (Phi) is 3.11. The molecule has 18 heavy (non-hydrogen) atoms. The molecule has 2 rings (SSSR count). The number of carboxylic acid groups (broad SMARTS) is 2. The van der Waals surface area contributed by atoms with Crippen molar-refractivity contribution in [3.63, 3.8) is 0 Å². The van der Waals surface area contributed by atoms with Crippen LogP contribution >= 0.6 is 0 Å². The van der Waals surface area contributed by atoms with Gasteiger partial charge in [0.15, 0.2) is 5.79 Å². The van der Waals surface area contributed by atoms with Crippen LogP contribution in [-0.2, 0) is 19.1 Å². The van der Waals surface area contributed by atoms with E-state index >= 15 is 0 Å². The van der Waals surface area contributed by atoms with Gasteiger partial charge >= 0.3 is 11.9 Å². The smallest absolute Gasteiger partial charge is 0.307 e. The Morgan fingerprint density at radius 3 is 1.72 bits per heavy atom. The van der Waals surface area contributed by atoms with E-state index < -0.39 is 35.0 Å². The maximum atomic E-state index is 11.4. The minimum atomic E-state index is -1.03. The lowest BCUT2D eigenvalue weighted by molar-refractivity contribution is -0.227. The van der Waals surface area contributed by atoms with Crippen LogP contribution in [0, 0.1) is 17.3 Å². The molecule has 2 fully saturated rings. The van der Waals surface area contributed by atoms with Gasteiger partial charge in [-0.25, -0.2) is 0 Å². The summed E-state index contributed by atoms with van der Waals surface area (Å²) in [7, 11) is 0. The highest BCUT2D eigenvalue weighted by atomic mass is 16.7. The molecule has 2 atom stereocenters. The van der Waals surface area contributed by atoms with E-state index in [-0.39, 0.29) is 12.8 Å². The molecule has 6 heteroatoms. The van der Waals surface area contributed by atoms with E-state index in [9.17, 15) is 19.8 Å². The Bertz CT molecular complexity index is 341. The molecule has 102 valence electrons. The van der Waals surface area contributed by atoms with Crippen LogP contribution in [-0.4, -0.2) is 41.2 Å². The highest BCUT2D eigenvalue weighted by Crippen LogP contribution is 2.51. The largest absolute Gasteiger partial charge is 0.481 e. The molecule has 1 aliphatic carbocycles. The topological polar surface area (TPSA) is 93.1 Å². The van der Waals surface area contributed by atoms with Gasteiger partial charge < -0.3 is 19.7 Å². The van der Waals surface area contributed by atoms with Gasteiger partial charge in [0, 0.05) is 12.8 Å². The first-order valence-electron chi connectivity index (χ1n) is 6.02. The number of carbonyl (C=O) groups is 2. The maximum Gasteiger partial charge on any atom is 0.307 e. The fourth-order valence-corrected chi connectivity index (χ4v) is 3.02. The van der Waals surface area contributed by atoms with Gasteiger partial charge in [-0.1, -0.05) is 13.8 Å². The lowest BCUT2D eigenvalue weighted by Gasteiger charge is -2.47. The average Bonchev–Trinajstić information content (AvgIpc) is 2.69. The van der Waals surface area contributed by atoms with Gasteiger partial charge in [0.2, 0.25) is 0 Å². The number of rotatable bonds is 2. The summed E-state index contributed by atoms with van der Waals surface area (Å²) in [5.74, 6) is -4.59. The molecule has 6 nitrogen and oxygen atoms in total. The molecule has 0 aromatic heterocycles. The SMILES string of the molecule is CC1(C)C(C(=O)O)CC2(CC1C(=O)O)OCCO2. The Hall–Kier alpha value is -1.14. The molecule has 2 unspecified atom stereocenters. The van der Waals surface area contributed by atoms with E-state index in [4.69, 9.17) is 9.47 Å². The number of hydrogen-bond donors (Lipinski definition) is 2. The van der Waals surface area contributed by atoms with Crippen molar-refractivity contribution in [1.29, 1.82) is 0 Å². The van der Waals surface area contributed by atoms with Crippen LogP contribution in [0.3, 0.4) is 0 Å². The van der Waals surface area contributed by atoms with Crippen molar-refractivity contribution >= 4 is 11.9 Å². The van der Waals surface area contributed by atoms with Crippen molar-refractivity contribution in [3.8, 4) is 0 Å². The van der Waals surface area contributed by atoms with Crippen molar-refractivity contribution in [1.82, 2.24) is 0 Å². The Labute approximate surface area is 105 Å². The van der Waals surface area contributed by atoms with Gasteiger partial charge in [-0.15, -0.1) is 0 Å². The monoisotopic (exact) mass is 258 g/mol. The molecule has 2 aliphatic rings. The number of carboxylic acids is 2. The van der Waals surface area contributed by atoms with Gasteiger partial charge in [0.05, 0.1) is 25.0 Å². The predicted octanol–water partition coefficient (Wildman–Crippen LogP) is 0.951. The second-order valence-electron chi connectivity index (χ2n) is 5.62. The van der Waals surface area contributed by atoms with Crippen LogP contribution in [0.5, 0.6) is 0 Å². The molecule has 1 saturated carbocycles. The van der Waals surface area contributed by atoms with Gasteiger partial charge in [-0.3, -0.25) is 9.59 Å². The van der Waals surface area contributed by atoms with Crippen LogP contribution < -0.4 is 0 Å². The molecule has 0 aromatic rings. The second kappa shape index (κ2) is 4.20. The Balaban J connectivity index is 2.35. The van der Waals surface area contributed by atoms with E-state index in [2.05, 4.69) is 0 Å². The van der Waals surface area contributed by atoms with Crippen molar-refractivity contribution in [2.24, 2.45) is 17.3 Å². The summed E-state index contributed by atoms with van der Waals surface area (Å²) < 4.78 is 11.0. The molecule has 1 heterocycles. The number of ether oxygens (including phenoxy) is 2. The van der Waals surface area contributed by atoms with Crippen molar-refractivity contribution in [3.05, 3.63) is 0 Å². The first-order valence-corrected chi connectivity index (χ1v) is 6.02. The fraction of sp³-hybridized carbons (Fsp3) is 0.833. The second-order valence-corrected chi connectivity index (χ2v) is 5.62. The summed E-state index contributed by atoms with van der Waals surface area (Å²) in [6, 6.07) is 0. The standard InChI is InChI=1S/C12H18O6/c1-11(2)7(9(13)14)5-12(17-3-4-18-12)6-8(11)10(15)16/h7-8H,3-6H2,1-2H3,(H,13,14)(H,15,16). The first-order chi connectivity index (χ1) is 8.28. The predicted molar refractivity (Wildman–Crippen MR) is 59.9 cm³/mol. The zero-order valence-corrected chi connectivity index (χ0v) is 10.5. The molecule has 1 aliphatic heterocycles. The van der Waals surface area contributed by atoms with Crippen LogP contribution in [0.15, 0.2) is 0 Å². The van der Waals surface area contributed by atoms with Gasteiger partial charge in [0.1, 0.15) is 0 Å². The van der Waals surface area contributed by atoms with E-state index in [1.807, 2.05) is 0 Å². The van der Waals surface area contributed by atoms with Crippen molar-refractivity contribution in [2.45, 2.75) is 32.5 Å². The number of hydrogen-bond acceptors (Lipinski definition) is 4. The van der Waals surface area contributed by atoms with Crippen molar-refractivity contribution in [2.75, 3.05) is 13.2 Å². The van der Waals surface area contributed by atoms with Gasteiger partial charge in [0.25, 0.3) is 0 Å². The van der Waals surface area contributed by atoms with Crippen molar-refractivity contribution < 1.29 is 29.3 Å². The molecule has 1 spiro atoms. The molecule has 0 bridgehead atoms. The summed E-state index contributed by atoms with van der Waals surface area (Å²) in [6.07, 6.45) is 0.415. The van der Waals surface area contributed by atoms with Crippen LogP contribution in [0.25, 0.3) is 0 Å². The first kappa shape index (κ1) is 13.3. The highest BCUT2D eigenvalue weighted by Gasteiger charge is 2.57. The maximum absolute atomic E-state index is 11.4. The summed E-state index contributed by atoms with van der Waals surface area (Å²) in [5.41, 5.74) is -0.821. The molecule has 2 N–H and O–H groups in total. The minimum absolute atomic E-state index is 0.207. The van der Waals surface area contributed by atoms with E-state index in [0.717, 1.165) is 0 Å². The summed E-state index contributed by atoms with van der Waals surface area (Å²) in [6.45, 7) is 4.15. The van der Waals surface area contributed by atoms with Crippen LogP contribution in [0.1, 0.15) is 26.7 Å². The van der Waals surface area contributed by atoms with Gasteiger partial charge in [-0.05, 0) is 5.41 Å². The molecular weight excluding hydrogens is 240 g/mol. The average molecular weight is 258 g/mol. The van der Waals surface area contributed by atoms with E-state index in [1.54, 1.807) is 13.8 Å². The van der Waals surface area contributed by atoms with E-state index in [0.29, 0.717) is 13.2 Å². The Morgan fingerprint density at radius 1 is 1.00 bits per heavy atom. The lowest BCUT2D eigenvalue weighted by Crippen LogP contribution is -2.53. The zero-order valence-electron chi connectivity index (χ0n) is 10.5. The quantitative estimate of drug-likeness (QED) is 0.766. The number of aliphatic carboxylic acids is 2. The molecule has 0 radical (unpaired) electrons. The molecule has 0 aromatic carbocycles. The summed E-state index contributed by atoms with van der Waals surface area (Å²) in [5, 5.41) is 18.6. The summed E-state index contributed by atoms with van der Waals surface area (Å²) in [4.78, 5) is 22.7. The van der Waals surface area contributed by atoms with Crippen LogP contribution in [0.4, 0.5) is 0 Å². The third kappa shape index (κ3) is 1.99. The fourth-order valence-electron chi connectivity index (χ4n) is 3.02. The molecular formula is C12H18O6. The van der Waals surface area contributed by atoms with Crippen LogP contribution in [0.2, 0.25) is 0 Å². The molecule has 0 amide bonds. The van der Waals surface area contributed by atoms with E-state index in [1.165, 1.54) is 0 Å². The third-order valence-electron chi connectivity index (χ3n) is 4.24. The molecule has 1 saturated heterocycles. The highest BCUT2D eigenvalue weighted by molar-refractivity contribution is 5.76. The Morgan fingerprint density at radius 2 is 1.39 bits per heavy atom. The zero-order chi connectivity index (χ0) is 13.6. The lowest BCUT2D eigenvalue weighted by atomic mass is 9.60. The van der Waals surface area contributed by atoms with Gasteiger partial charge in [-0.2, -0.15) is 0 Å².